The number of phosphoric acid groups is 1. The van der Waals surface area contributed by atoms with Gasteiger partial charge in [0.1, 0.15) is 0 Å². The van der Waals surface area contributed by atoms with E-state index in [0.29, 0.717) is 13.2 Å². The molecule has 0 fully saturated rings. The summed E-state index contributed by atoms with van der Waals surface area (Å²) in [6, 6.07) is 0. The molecule has 0 bridgehead atoms. The Kier molecular flexibility index (Phi) is 40.6. The smallest absolute Gasteiger partial charge is 0.302 e. The third-order valence-electron chi connectivity index (χ3n) is 8.50. The molecule has 0 aliphatic carbocycles. The molecule has 6 heteroatoms. The normalized spacial score (nSPS) is 11.7. The Bertz CT molecular complexity index is 493. The van der Waals surface area contributed by atoms with Crippen molar-refractivity contribution in [1.29, 1.82) is 0 Å². The monoisotopic (exact) mass is 700 g/mol. The molecule has 0 saturated carbocycles. The fourth-order valence-corrected chi connectivity index (χ4v) is 6.49. The third kappa shape index (κ3) is 38.8. The Labute approximate surface area is 278 Å². The Morgan fingerprint density at radius 2 is 0.524 bits per heavy atom. The molecule has 0 heterocycles. The van der Waals surface area contributed by atoms with Gasteiger partial charge in [-0.2, -0.15) is 0 Å². The van der Waals surface area contributed by atoms with E-state index in [2.05, 4.69) is 13.8 Å². The van der Waals surface area contributed by atoms with E-state index >= 15 is 0 Å². The van der Waals surface area contributed by atoms with Crippen molar-refractivity contribution in [3.8, 4) is 0 Å². The van der Waals surface area contributed by atoms with E-state index < -0.39 is 7.82 Å². The number of rotatable bonds is 36. The average Bonchev–Trinajstić information content (AvgIpc) is 2.96. The van der Waals surface area contributed by atoms with E-state index in [1.807, 2.05) is 0 Å². The summed E-state index contributed by atoms with van der Waals surface area (Å²) >= 11 is 0. The SMILES string of the molecule is CCCCCCCCCCCCCCCCCCOP(=O)(O)OCCCCCCCCCCCCCCCCCC.[Mo]. The van der Waals surface area contributed by atoms with Gasteiger partial charge >= 0.3 is 7.82 Å². The molecule has 0 amide bonds. The minimum absolute atomic E-state index is 0. The van der Waals surface area contributed by atoms with Crippen LogP contribution >= 0.6 is 7.82 Å². The van der Waals surface area contributed by atoms with Crippen LogP contribution in [-0.2, 0) is 34.7 Å². The van der Waals surface area contributed by atoms with Crippen molar-refractivity contribution in [1.82, 2.24) is 0 Å². The van der Waals surface area contributed by atoms with E-state index in [4.69, 9.17) is 9.05 Å². The molecule has 0 aliphatic rings. The summed E-state index contributed by atoms with van der Waals surface area (Å²) < 4.78 is 22.4. The molecule has 0 radical (unpaired) electrons. The molecule has 0 aromatic heterocycles. The summed E-state index contributed by atoms with van der Waals surface area (Å²) in [5, 5.41) is 0. The molecule has 1 N–H and O–H groups in total. The van der Waals surface area contributed by atoms with E-state index in [0.717, 1.165) is 25.7 Å². The summed E-state index contributed by atoms with van der Waals surface area (Å²) in [7, 11) is -3.87. The van der Waals surface area contributed by atoms with Crippen molar-refractivity contribution in [2.75, 3.05) is 13.2 Å². The number of hydrogen-bond donors (Lipinski definition) is 1. The molecule has 0 saturated heterocycles. The Balaban J connectivity index is 0. The van der Waals surface area contributed by atoms with Gasteiger partial charge in [-0.15, -0.1) is 0 Å². The van der Waals surface area contributed by atoms with Crippen LogP contribution in [0.5, 0.6) is 0 Å². The second-order valence-electron chi connectivity index (χ2n) is 12.7. The van der Waals surface area contributed by atoms with Crippen molar-refractivity contribution in [3.05, 3.63) is 0 Å². The molecule has 0 aromatic rings. The van der Waals surface area contributed by atoms with Gasteiger partial charge in [0.2, 0.25) is 0 Å². The standard InChI is InChI=1S/C36H75O4P.Mo/c1-3-5-7-9-11-13-15-17-19-21-23-25-27-29-31-33-35-39-41(37,38)40-36-34-32-30-28-26-24-22-20-18-16-14-12-10-8-6-4-2;/h3-36H2,1-2H3,(H,37,38);. The molecule has 0 aromatic carbocycles. The van der Waals surface area contributed by atoms with Gasteiger partial charge in [0.15, 0.2) is 0 Å². The summed E-state index contributed by atoms with van der Waals surface area (Å²) in [5.41, 5.74) is 0. The molecule has 254 valence electrons. The fourth-order valence-electron chi connectivity index (χ4n) is 5.70. The zero-order chi connectivity index (χ0) is 30.0. The first kappa shape index (κ1) is 44.9. The number of phosphoric ester groups is 1. The molecule has 4 nitrogen and oxygen atoms in total. The zero-order valence-corrected chi connectivity index (χ0v) is 31.5. The topological polar surface area (TPSA) is 55.8 Å². The van der Waals surface area contributed by atoms with Crippen LogP contribution in [0.4, 0.5) is 0 Å². The maximum Gasteiger partial charge on any atom is 0.472 e. The van der Waals surface area contributed by atoms with E-state index in [1.54, 1.807) is 0 Å². The average molecular weight is 699 g/mol. The molecule has 42 heavy (non-hydrogen) atoms. The molecular weight excluding hydrogens is 623 g/mol. The van der Waals surface area contributed by atoms with Crippen LogP contribution in [0.25, 0.3) is 0 Å². The van der Waals surface area contributed by atoms with E-state index in [1.165, 1.54) is 180 Å². The van der Waals surface area contributed by atoms with Gasteiger partial charge in [0.05, 0.1) is 13.2 Å². The van der Waals surface area contributed by atoms with Gasteiger partial charge in [0, 0.05) is 21.1 Å². The summed E-state index contributed by atoms with van der Waals surface area (Å²) in [6.45, 7) is 5.21. The predicted molar refractivity (Wildman–Crippen MR) is 181 cm³/mol. The third-order valence-corrected chi connectivity index (χ3v) is 9.52. The Morgan fingerprint density at radius 3 is 0.714 bits per heavy atom. The van der Waals surface area contributed by atoms with Gasteiger partial charge in [-0.1, -0.05) is 206 Å². The van der Waals surface area contributed by atoms with Gasteiger partial charge < -0.3 is 4.89 Å². The van der Waals surface area contributed by atoms with Crippen LogP contribution in [0.1, 0.15) is 219 Å². The minimum Gasteiger partial charge on any atom is -0.302 e. The maximum absolute atomic E-state index is 12.0. The first-order valence-corrected chi connectivity index (χ1v) is 20.2. The van der Waals surface area contributed by atoms with E-state index in [-0.39, 0.29) is 21.1 Å². The van der Waals surface area contributed by atoms with Crippen LogP contribution in [0.15, 0.2) is 0 Å². The Morgan fingerprint density at radius 1 is 0.357 bits per heavy atom. The first-order chi connectivity index (χ1) is 20.1. The van der Waals surface area contributed by atoms with Crippen LogP contribution in [0.2, 0.25) is 0 Å². The molecule has 0 aliphatic heterocycles. The van der Waals surface area contributed by atoms with Crippen molar-refractivity contribution >= 4 is 7.82 Å². The van der Waals surface area contributed by atoms with Crippen molar-refractivity contribution in [2.24, 2.45) is 0 Å². The summed E-state index contributed by atoms with van der Waals surface area (Å²) in [6.07, 6.45) is 42.2. The van der Waals surface area contributed by atoms with Crippen molar-refractivity contribution < 1.29 is 39.6 Å². The van der Waals surface area contributed by atoms with Crippen molar-refractivity contribution in [3.63, 3.8) is 0 Å². The Hall–Kier alpha value is 0.798. The molecule has 0 unspecified atom stereocenters. The van der Waals surface area contributed by atoms with Crippen LogP contribution in [0.3, 0.4) is 0 Å². The van der Waals surface area contributed by atoms with Gasteiger partial charge in [-0.05, 0) is 12.8 Å². The molecule has 0 atom stereocenters. The van der Waals surface area contributed by atoms with Crippen LogP contribution < -0.4 is 0 Å². The van der Waals surface area contributed by atoms with Crippen LogP contribution in [0, 0.1) is 0 Å². The molecule has 0 rings (SSSR count). The largest absolute Gasteiger partial charge is 0.472 e. The van der Waals surface area contributed by atoms with Crippen LogP contribution in [-0.4, -0.2) is 18.1 Å². The fraction of sp³-hybridized carbons (Fsp3) is 1.00. The maximum atomic E-state index is 12.0. The second-order valence-corrected chi connectivity index (χ2v) is 14.2. The summed E-state index contributed by atoms with van der Waals surface area (Å²) in [4.78, 5) is 9.88. The first-order valence-electron chi connectivity index (χ1n) is 18.7. The number of hydrogen-bond acceptors (Lipinski definition) is 3. The summed E-state index contributed by atoms with van der Waals surface area (Å²) in [5.74, 6) is 0. The van der Waals surface area contributed by atoms with Gasteiger partial charge in [-0.25, -0.2) is 4.57 Å². The number of unbranched alkanes of at least 4 members (excludes halogenated alkanes) is 30. The molecule has 0 spiro atoms. The van der Waals surface area contributed by atoms with Gasteiger partial charge in [-0.3, -0.25) is 9.05 Å². The van der Waals surface area contributed by atoms with Crippen molar-refractivity contribution in [2.45, 2.75) is 219 Å². The zero-order valence-electron chi connectivity index (χ0n) is 28.6. The predicted octanol–water partition coefficient (Wildman–Crippen LogP) is 13.6. The second kappa shape index (κ2) is 38.0. The quantitative estimate of drug-likeness (QED) is 0.0402. The van der Waals surface area contributed by atoms with E-state index in [9.17, 15) is 9.46 Å². The minimum atomic E-state index is -3.87. The molecular formula is C36H75MoO4P. The van der Waals surface area contributed by atoms with Gasteiger partial charge in [0.25, 0.3) is 0 Å².